The lowest BCUT2D eigenvalue weighted by molar-refractivity contribution is 0.0996. The number of ketones is 1. The van der Waals surface area contributed by atoms with Crippen molar-refractivity contribution in [2.45, 2.75) is 6.92 Å². The lowest BCUT2D eigenvalue weighted by Gasteiger charge is -2.10. The van der Waals surface area contributed by atoms with Crippen LogP contribution in [0.1, 0.15) is 27.6 Å². The van der Waals surface area contributed by atoms with Gasteiger partial charge in [0.2, 0.25) is 5.91 Å². The molecule has 0 aliphatic carbocycles. The largest absolute Gasteiger partial charge is 0.457 e. The van der Waals surface area contributed by atoms with E-state index in [1.165, 1.54) is 6.92 Å². The molecule has 0 radical (unpaired) electrons. The van der Waals surface area contributed by atoms with E-state index in [1.807, 2.05) is 0 Å². The van der Waals surface area contributed by atoms with Gasteiger partial charge in [0, 0.05) is 10.0 Å². The van der Waals surface area contributed by atoms with Crippen LogP contribution in [0.3, 0.4) is 0 Å². The predicted octanol–water partition coefficient (Wildman–Crippen LogP) is 3.54. The smallest absolute Gasteiger partial charge is 0.248 e. The van der Waals surface area contributed by atoms with E-state index in [0.717, 1.165) is 4.47 Å². The van der Waals surface area contributed by atoms with E-state index in [4.69, 9.17) is 10.5 Å². The first-order chi connectivity index (χ1) is 9.47. The molecular formula is C15H12BrNO3. The number of rotatable bonds is 4. The summed E-state index contributed by atoms with van der Waals surface area (Å²) < 4.78 is 6.49. The third-order valence-corrected chi connectivity index (χ3v) is 3.18. The van der Waals surface area contributed by atoms with Crippen LogP contribution in [0.2, 0.25) is 0 Å². The molecule has 0 aliphatic rings. The van der Waals surface area contributed by atoms with Gasteiger partial charge in [-0.3, -0.25) is 9.59 Å². The number of nitrogens with two attached hydrogens (primary N) is 1. The molecule has 0 fully saturated rings. The summed E-state index contributed by atoms with van der Waals surface area (Å²) in [6.45, 7) is 1.48. The van der Waals surface area contributed by atoms with E-state index in [2.05, 4.69) is 15.9 Å². The number of carbonyl (C=O) groups excluding carboxylic acids is 2. The van der Waals surface area contributed by atoms with Crippen LogP contribution in [0.5, 0.6) is 11.5 Å². The van der Waals surface area contributed by atoms with Crippen molar-refractivity contribution in [1.82, 2.24) is 0 Å². The summed E-state index contributed by atoms with van der Waals surface area (Å²) in [5.74, 6) is 0.402. The summed E-state index contributed by atoms with van der Waals surface area (Å²) in [5, 5.41) is 0. The van der Waals surface area contributed by atoms with Crippen molar-refractivity contribution < 1.29 is 14.3 Å². The van der Waals surface area contributed by atoms with Gasteiger partial charge in [0.25, 0.3) is 0 Å². The molecule has 1 amide bonds. The highest BCUT2D eigenvalue weighted by molar-refractivity contribution is 9.10. The molecule has 0 atom stereocenters. The Balaban J connectivity index is 2.31. The maximum atomic E-state index is 11.6. The van der Waals surface area contributed by atoms with E-state index < -0.39 is 5.91 Å². The number of hydrogen-bond acceptors (Lipinski definition) is 3. The Morgan fingerprint density at radius 2 is 1.75 bits per heavy atom. The third kappa shape index (κ3) is 3.24. The van der Waals surface area contributed by atoms with Crippen LogP contribution in [0.25, 0.3) is 0 Å². The van der Waals surface area contributed by atoms with E-state index in [1.54, 1.807) is 42.5 Å². The molecule has 0 saturated carbocycles. The molecule has 2 aromatic rings. The zero-order valence-corrected chi connectivity index (χ0v) is 12.3. The van der Waals surface area contributed by atoms with Crippen LogP contribution in [-0.2, 0) is 0 Å². The van der Waals surface area contributed by atoms with Gasteiger partial charge in [-0.2, -0.15) is 0 Å². The number of primary amides is 1. The molecule has 0 heterocycles. The zero-order chi connectivity index (χ0) is 14.7. The second kappa shape index (κ2) is 5.88. The van der Waals surface area contributed by atoms with Gasteiger partial charge >= 0.3 is 0 Å². The number of Topliss-reactive ketones (excluding diaryl/α,β-unsaturated/α-hetero) is 1. The fraction of sp³-hybridized carbons (Fsp3) is 0.0667. The van der Waals surface area contributed by atoms with Gasteiger partial charge < -0.3 is 10.5 Å². The number of halogens is 1. The Morgan fingerprint density at radius 3 is 2.30 bits per heavy atom. The monoisotopic (exact) mass is 333 g/mol. The van der Waals surface area contributed by atoms with E-state index in [0.29, 0.717) is 22.6 Å². The molecule has 2 N–H and O–H groups in total. The molecule has 0 bridgehead atoms. The Morgan fingerprint density at radius 1 is 1.10 bits per heavy atom. The van der Waals surface area contributed by atoms with Crippen LogP contribution in [0, 0.1) is 0 Å². The SMILES string of the molecule is CC(=O)c1ccc(Br)cc1Oc1ccc(C(N)=O)cc1. The molecule has 102 valence electrons. The first-order valence-electron chi connectivity index (χ1n) is 5.85. The molecule has 0 aliphatic heterocycles. The summed E-state index contributed by atoms with van der Waals surface area (Å²) in [6, 6.07) is 11.6. The number of benzene rings is 2. The van der Waals surface area contributed by atoms with Crippen molar-refractivity contribution in [2.75, 3.05) is 0 Å². The van der Waals surface area contributed by atoms with E-state index >= 15 is 0 Å². The average Bonchev–Trinajstić information content (AvgIpc) is 2.39. The Hall–Kier alpha value is -2.14. The third-order valence-electron chi connectivity index (χ3n) is 2.69. The number of ether oxygens (including phenoxy) is 1. The zero-order valence-electron chi connectivity index (χ0n) is 10.7. The molecule has 2 rings (SSSR count). The molecule has 0 unspecified atom stereocenters. The molecule has 0 saturated heterocycles. The van der Waals surface area contributed by atoms with E-state index in [-0.39, 0.29) is 5.78 Å². The van der Waals surface area contributed by atoms with E-state index in [9.17, 15) is 9.59 Å². The molecule has 0 spiro atoms. The van der Waals surface area contributed by atoms with Crippen molar-refractivity contribution in [3.8, 4) is 11.5 Å². The van der Waals surface area contributed by atoms with Gasteiger partial charge in [0.05, 0.1) is 5.56 Å². The summed E-state index contributed by atoms with van der Waals surface area (Å²) >= 11 is 3.34. The summed E-state index contributed by atoms with van der Waals surface area (Å²) in [6.07, 6.45) is 0. The van der Waals surface area contributed by atoms with Crippen molar-refractivity contribution in [3.63, 3.8) is 0 Å². The summed E-state index contributed by atoms with van der Waals surface area (Å²) in [4.78, 5) is 22.5. The van der Waals surface area contributed by atoms with Gasteiger partial charge in [-0.15, -0.1) is 0 Å². The standard InChI is InChI=1S/C15H12BrNO3/c1-9(18)13-7-4-11(16)8-14(13)20-12-5-2-10(3-6-12)15(17)19/h2-8H,1H3,(H2,17,19). The predicted molar refractivity (Wildman–Crippen MR) is 79.2 cm³/mol. The number of amides is 1. The number of carbonyl (C=O) groups is 2. The van der Waals surface area contributed by atoms with Crippen molar-refractivity contribution in [3.05, 3.63) is 58.1 Å². The summed E-state index contributed by atoms with van der Waals surface area (Å²) in [7, 11) is 0. The Labute approximate surface area is 124 Å². The first-order valence-corrected chi connectivity index (χ1v) is 6.65. The molecule has 5 heteroatoms. The van der Waals surface area contributed by atoms with Crippen LogP contribution >= 0.6 is 15.9 Å². The fourth-order valence-corrected chi connectivity index (χ4v) is 2.03. The minimum absolute atomic E-state index is 0.0822. The minimum Gasteiger partial charge on any atom is -0.457 e. The maximum absolute atomic E-state index is 11.6. The second-order valence-electron chi connectivity index (χ2n) is 4.19. The highest BCUT2D eigenvalue weighted by atomic mass is 79.9. The number of hydrogen-bond donors (Lipinski definition) is 1. The minimum atomic E-state index is -0.497. The lowest BCUT2D eigenvalue weighted by Crippen LogP contribution is -2.10. The van der Waals surface area contributed by atoms with Gasteiger partial charge in [-0.25, -0.2) is 0 Å². The van der Waals surface area contributed by atoms with Gasteiger partial charge in [-0.1, -0.05) is 15.9 Å². The first kappa shape index (κ1) is 14.3. The average molecular weight is 334 g/mol. The van der Waals surface area contributed by atoms with Gasteiger partial charge in [0.1, 0.15) is 11.5 Å². The Kier molecular flexibility index (Phi) is 4.20. The molecule has 4 nitrogen and oxygen atoms in total. The Bertz CT molecular complexity index is 665. The maximum Gasteiger partial charge on any atom is 0.248 e. The molecule has 20 heavy (non-hydrogen) atoms. The van der Waals surface area contributed by atoms with Crippen LogP contribution in [0.15, 0.2) is 46.9 Å². The van der Waals surface area contributed by atoms with Crippen LogP contribution in [-0.4, -0.2) is 11.7 Å². The quantitative estimate of drug-likeness (QED) is 0.870. The van der Waals surface area contributed by atoms with Gasteiger partial charge in [-0.05, 0) is 49.4 Å². The van der Waals surface area contributed by atoms with Crippen LogP contribution in [0.4, 0.5) is 0 Å². The molecule has 2 aromatic carbocycles. The fourth-order valence-electron chi connectivity index (χ4n) is 1.69. The van der Waals surface area contributed by atoms with Crippen LogP contribution < -0.4 is 10.5 Å². The highest BCUT2D eigenvalue weighted by Gasteiger charge is 2.10. The van der Waals surface area contributed by atoms with Crippen molar-refractivity contribution in [1.29, 1.82) is 0 Å². The van der Waals surface area contributed by atoms with Crippen molar-refractivity contribution in [2.24, 2.45) is 5.73 Å². The molecule has 0 aromatic heterocycles. The second-order valence-corrected chi connectivity index (χ2v) is 5.10. The van der Waals surface area contributed by atoms with Crippen molar-refractivity contribution >= 4 is 27.6 Å². The highest BCUT2D eigenvalue weighted by Crippen LogP contribution is 2.29. The molecular weight excluding hydrogens is 322 g/mol. The normalized spacial score (nSPS) is 10.1. The van der Waals surface area contributed by atoms with Gasteiger partial charge in [0.15, 0.2) is 5.78 Å². The summed E-state index contributed by atoms with van der Waals surface area (Å²) in [5.41, 5.74) is 6.06. The topological polar surface area (TPSA) is 69.4 Å². The lowest BCUT2D eigenvalue weighted by atomic mass is 10.1.